The number of fused-ring (bicyclic) bond motifs is 1. The first-order chi connectivity index (χ1) is 16.7. The molecule has 0 atom stereocenters. The fourth-order valence-electron chi connectivity index (χ4n) is 5.59. The van der Waals surface area contributed by atoms with Crippen molar-refractivity contribution in [2.45, 2.75) is 89.1 Å². The number of hydrogen-bond donors (Lipinski definition) is 3. The zero-order chi connectivity index (χ0) is 24.8. The first kappa shape index (κ1) is 23.9. The SMILES string of the molecule is CCn1ncc2c(NC3CCCCC3)c(C3=CC4(CCC(C(=O)O)CC4)ON3)c(C(F)(F)F)nc21. The highest BCUT2D eigenvalue weighted by Crippen LogP contribution is 2.46. The van der Waals surface area contributed by atoms with Crippen LogP contribution in [0.3, 0.4) is 0 Å². The molecule has 0 aromatic carbocycles. The number of nitrogens with one attached hydrogen (secondary N) is 2. The second-order valence-corrected chi connectivity index (χ2v) is 9.82. The summed E-state index contributed by atoms with van der Waals surface area (Å²) in [5.74, 6) is -1.32. The second-order valence-electron chi connectivity index (χ2n) is 9.82. The van der Waals surface area contributed by atoms with Crippen molar-refractivity contribution in [3.63, 3.8) is 0 Å². The van der Waals surface area contributed by atoms with Crippen molar-refractivity contribution in [1.82, 2.24) is 20.2 Å². The normalized spacial score (nSPS) is 25.6. The van der Waals surface area contributed by atoms with Gasteiger partial charge >= 0.3 is 12.1 Å². The van der Waals surface area contributed by atoms with Gasteiger partial charge in [-0.25, -0.2) is 9.67 Å². The Morgan fingerprint density at radius 2 is 1.97 bits per heavy atom. The van der Waals surface area contributed by atoms with E-state index >= 15 is 0 Å². The summed E-state index contributed by atoms with van der Waals surface area (Å²) in [7, 11) is 0. The molecule has 2 aliphatic carbocycles. The molecule has 5 rings (SSSR count). The smallest absolute Gasteiger partial charge is 0.434 e. The van der Waals surface area contributed by atoms with Crippen LogP contribution in [0.2, 0.25) is 0 Å². The number of carbonyl (C=O) groups is 1. The molecule has 2 fully saturated rings. The Hall–Kier alpha value is -2.82. The molecular formula is C24H30F3N5O3. The molecule has 2 saturated carbocycles. The first-order valence-corrected chi connectivity index (χ1v) is 12.3. The van der Waals surface area contributed by atoms with Crippen LogP contribution in [0, 0.1) is 5.92 Å². The minimum Gasteiger partial charge on any atom is -0.481 e. The molecular weight excluding hydrogens is 463 g/mol. The van der Waals surface area contributed by atoms with Crippen LogP contribution in [0.1, 0.15) is 76.0 Å². The number of rotatable bonds is 5. The van der Waals surface area contributed by atoms with Crippen molar-refractivity contribution in [3.8, 4) is 0 Å². The van der Waals surface area contributed by atoms with Crippen molar-refractivity contribution in [3.05, 3.63) is 23.5 Å². The quantitative estimate of drug-likeness (QED) is 0.532. The lowest BCUT2D eigenvalue weighted by atomic mass is 9.78. The summed E-state index contributed by atoms with van der Waals surface area (Å²) in [5.41, 5.74) is 1.64. The zero-order valence-electron chi connectivity index (χ0n) is 19.6. The Morgan fingerprint density at radius 1 is 1.26 bits per heavy atom. The number of pyridine rings is 1. The van der Waals surface area contributed by atoms with E-state index in [4.69, 9.17) is 4.84 Å². The van der Waals surface area contributed by atoms with Crippen molar-refractivity contribution in [2.24, 2.45) is 5.92 Å². The number of hydroxylamine groups is 1. The summed E-state index contributed by atoms with van der Waals surface area (Å²) in [4.78, 5) is 21.3. The largest absolute Gasteiger partial charge is 0.481 e. The molecule has 0 amide bonds. The molecule has 0 unspecified atom stereocenters. The maximum absolute atomic E-state index is 14.4. The van der Waals surface area contributed by atoms with E-state index in [-0.39, 0.29) is 22.9 Å². The standard InChI is InChI=1S/C24H30F3N5O3/c1-2-32-21-16(13-28-32)19(29-15-6-4-3-5-7-15)18(20(30-21)24(25,26)27)17-12-23(35-31-17)10-8-14(9-11-23)22(33)34/h12-15,31H,2-11H2,1H3,(H,29,30)(H,33,34). The molecule has 35 heavy (non-hydrogen) atoms. The third-order valence-corrected chi connectivity index (χ3v) is 7.53. The number of halogens is 3. The lowest BCUT2D eigenvalue weighted by molar-refractivity contribution is -0.145. The number of anilines is 1. The van der Waals surface area contributed by atoms with E-state index < -0.39 is 29.4 Å². The Bertz CT molecular complexity index is 1150. The number of aromatic nitrogens is 3. The fraction of sp³-hybridized carbons (Fsp3) is 0.625. The molecule has 190 valence electrons. The minimum absolute atomic E-state index is 0.0575. The van der Waals surface area contributed by atoms with E-state index in [0.29, 0.717) is 43.3 Å². The third kappa shape index (κ3) is 4.46. The molecule has 11 heteroatoms. The van der Waals surface area contributed by atoms with Crippen LogP contribution in [0.15, 0.2) is 12.3 Å². The van der Waals surface area contributed by atoms with Crippen LogP contribution in [0.25, 0.3) is 16.7 Å². The average Bonchev–Trinajstić information content (AvgIpc) is 3.43. The molecule has 0 saturated heterocycles. The molecule has 0 radical (unpaired) electrons. The number of aryl methyl sites for hydroxylation is 1. The van der Waals surface area contributed by atoms with Gasteiger partial charge in [-0.3, -0.25) is 15.1 Å². The Kier molecular flexibility index (Phi) is 6.14. The van der Waals surface area contributed by atoms with E-state index in [9.17, 15) is 23.1 Å². The van der Waals surface area contributed by atoms with Crippen LogP contribution < -0.4 is 10.8 Å². The highest BCUT2D eigenvalue weighted by Gasteiger charge is 2.45. The molecule has 3 N–H and O–H groups in total. The maximum atomic E-state index is 14.4. The van der Waals surface area contributed by atoms with Gasteiger partial charge in [0.15, 0.2) is 11.3 Å². The summed E-state index contributed by atoms with van der Waals surface area (Å²) in [5, 5.41) is 17.6. The van der Waals surface area contributed by atoms with Gasteiger partial charge in [-0.1, -0.05) is 19.3 Å². The number of aliphatic carboxylic acids is 1. The number of nitrogens with zero attached hydrogens (tertiary/aromatic N) is 3. The van der Waals surface area contributed by atoms with Gasteiger partial charge in [0.05, 0.1) is 34.4 Å². The highest BCUT2D eigenvalue weighted by molar-refractivity contribution is 5.97. The molecule has 3 heterocycles. The van der Waals surface area contributed by atoms with Crippen molar-refractivity contribution >= 4 is 28.4 Å². The topological polar surface area (TPSA) is 101 Å². The van der Waals surface area contributed by atoms with E-state index in [0.717, 1.165) is 32.1 Å². The van der Waals surface area contributed by atoms with Crippen LogP contribution in [-0.4, -0.2) is 37.5 Å². The minimum atomic E-state index is -4.70. The predicted octanol–water partition coefficient (Wildman–Crippen LogP) is 5.10. The Morgan fingerprint density at radius 3 is 2.60 bits per heavy atom. The maximum Gasteiger partial charge on any atom is 0.434 e. The van der Waals surface area contributed by atoms with Gasteiger partial charge in [0, 0.05) is 12.6 Å². The Labute approximate surface area is 200 Å². The summed E-state index contributed by atoms with van der Waals surface area (Å²) in [6.07, 6.45) is 5.15. The molecule has 8 nitrogen and oxygen atoms in total. The van der Waals surface area contributed by atoms with Gasteiger partial charge < -0.3 is 10.4 Å². The van der Waals surface area contributed by atoms with Crippen LogP contribution >= 0.6 is 0 Å². The molecule has 2 aromatic heterocycles. The number of alkyl halides is 3. The monoisotopic (exact) mass is 493 g/mol. The van der Waals surface area contributed by atoms with Crippen LogP contribution in [0.5, 0.6) is 0 Å². The number of carboxylic acid groups (broad SMARTS) is 1. The molecule has 1 spiro atoms. The van der Waals surface area contributed by atoms with E-state index in [2.05, 4.69) is 20.9 Å². The van der Waals surface area contributed by atoms with Gasteiger partial charge in [-0.05, 0) is 51.5 Å². The van der Waals surface area contributed by atoms with Crippen LogP contribution in [-0.2, 0) is 22.4 Å². The van der Waals surface area contributed by atoms with Gasteiger partial charge in [0.2, 0.25) is 0 Å². The van der Waals surface area contributed by atoms with Crippen molar-refractivity contribution in [1.29, 1.82) is 0 Å². The summed E-state index contributed by atoms with van der Waals surface area (Å²) in [6, 6.07) is 0.0575. The fourth-order valence-corrected chi connectivity index (χ4v) is 5.59. The second kappa shape index (κ2) is 9.00. The summed E-state index contributed by atoms with van der Waals surface area (Å²) in [6.45, 7) is 2.21. The van der Waals surface area contributed by atoms with Gasteiger partial charge in [-0.2, -0.15) is 18.3 Å². The Balaban J connectivity index is 1.63. The van der Waals surface area contributed by atoms with Crippen molar-refractivity contribution < 1.29 is 27.9 Å². The predicted molar refractivity (Wildman–Crippen MR) is 123 cm³/mol. The van der Waals surface area contributed by atoms with E-state index in [1.54, 1.807) is 12.3 Å². The van der Waals surface area contributed by atoms with Gasteiger partial charge in [0.1, 0.15) is 5.60 Å². The highest BCUT2D eigenvalue weighted by atomic mass is 19.4. The molecule has 2 aromatic rings. The molecule has 0 bridgehead atoms. The number of carboxylic acids is 1. The average molecular weight is 494 g/mol. The lowest BCUT2D eigenvalue weighted by Crippen LogP contribution is -2.36. The van der Waals surface area contributed by atoms with Crippen molar-refractivity contribution in [2.75, 3.05) is 5.32 Å². The first-order valence-electron chi connectivity index (χ1n) is 12.3. The molecule has 3 aliphatic rings. The van der Waals surface area contributed by atoms with Crippen LogP contribution in [0.4, 0.5) is 18.9 Å². The number of hydrogen-bond acceptors (Lipinski definition) is 6. The third-order valence-electron chi connectivity index (χ3n) is 7.53. The lowest BCUT2D eigenvalue weighted by Gasteiger charge is -2.32. The zero-order valence-corrected chi connectivity index (χ0v) is 19.6. The summed E-state index contributed by atoms with van der Waals surface area (Å²) >= 11 is 0. The van der Waals surface area contributed by atoms with E-state index in [1.807, 2.05) is 6.92 Å². The van der Waals surface area contributed by atoms with Gasteiger partial charge in [-0.15, -0.1) is 0 Å². The van der Waals surface area contributed by atoms with Gasteiger partial charge in [0.25, 0.3) is 0 Å². The molecule has 1 aliphatic heterocycles. The van der Waals surface area contributed by atoms with E-state index in [1.165, 1.54) is 4.68 Å². The summed E-state index contributed by atoms with van der Waals surface area (Å²) < 4.78 is 44.7.